The molecule has 0 saturated heterocycles. The van der Waals surface area contributed by atoms with Gasteiger partial charge in [0.25, 0.3) is 11.6 Å². The van der Waals surface area contributed by atoms with Crippen LogP contribution < -0.4 is 5.32 Å². The molecule has 2 rings (SSSR count). The number of nitrogens with one attached hydrogen (secondary N) is 1. The molecule has 7 heteroatoms. The molecule has 0 fully saturated rings. The Hall–Kier alpha value is -2.96. The van der Waals surface area contributed by atoms with Crippen molar-refractivity contribution < 1.29 is 14.8 Å². The van der Waals surface area contributed by atoms with E-state index in [-0.39, 0.29) is 22.7 Å². The summed E-state index contributed by atoms with van der Waals surface area (Å²) in [4.78, 5) is 25.7. The maximum atomic E-state index is 11.9. The molecule has 1 aromatic carbocycles. The summed E-state index contributed by atoms with van der Waals surface area (Å²) in [5.74, 6) is -0.694. The summed E-state index contributed by atoms with van der Waals surface area (Å²) in [7, 11) is 0. The van der Waals surface area contributed by atoms with Gasteiger partial charge >= 0.3 is 0 Å². The molecule has 0 saturated carbocycles. The number of non-ortho nitro benzene ring substituents is 1. The van der Waals surface area contributed by atoms with Crippen molar-refractivity contribution in [3.05, 3.63) is 58.4 Å². The zero-order chi connectivity index (χ0) is 13.8. The zero-order valence-electron chi connectivity index (χ0n) is 9.61. The molecule has 0 aliphatic rings. The first-order chi connectivity index (χ1) is 9.08. The molecule has 2 N–H and O–H groups in total. The van der Waals surface area contributed by atoms with Crippen LogP contribution in [0, 0.1) is 10.1 Å². The molecule has 2 aromatic rings. The van der Waals surface area contributed by atoms with E-state index in [1.54, 1.807) is 0 Å². The molecule has 19 heavy (non-hydrogen) atoms. The fourth-order valence-electron chi connectivity index (χ4n) is 1.44. The third-order valence-electron chi connectivity index (χ3n) is 2.37. The molecular formula is C12H9N3O4. The average Bonchev–Trinajstić information content (AvgIpc) is 2.41. The first-order valence-corrected chi connectivity index (χ1v) is 5.26. The van der Waals surface area contributed by atoms with Gasteiger partial charge in [-0.25, -0.2) is 0 Å². The number of anilines is 1. The van der Waals surface area contributed by atoms with Crippen LogP contribution in [0.4, 0.5) is 11.4 Å². The van der Waals surface area contributed by atoms with E-state index in [4.69, 9.17) is 0 Å². The lowest BCUT2D eigenvalue weighted by Gasteiger charge is -2.06. The topological polar surface area (TPSA) is 105 Å². The Labute approximate surface area is 107 Å². The van der Waals surface area contributed by atoms with Crippen LogP contribution in [-0.4, -0.2) is 20.9 Å². The number of aromatic nitrogens is 1. The smallest absolute Gasteiger partial charge is 0.270 e. The summed E-state index contributed by atoms with van der Waals surface area (Å²) in [5, 5.41) is 22.5. The number of amides is 1. The Morgan fingerprint density at radius 1 is 1.37 bits per heavy atom. The molecule has 0 bridgehead atoms. The minimum Gasteiger partial charge on any atom is -0.506 e. The second-order valence-electron chi connectivity index (χ2n) is 3.65. The molecule has 0 aliphatic heterocycles. The Kier molecular flexibility index (Phi) is 3.37. The van der Waals surface area contributed by atoms with Crippen LogP contribution in [0.5, 0.6) is 5.75 Å². The number of nitrogens with zero attached hydrogens (tertiary/aromatic N) is 2. The maximum Gasteiger partial charge on any atom is 0.270 e. The summed E-state index contributed by atoms with van der Waals surface area (Å²) in [6, 6.07) is 6.62. The van der Waals surface area contributed by atoms with Crippen LogP contribution in [0.1, 0.15) is 10.4 Å². The normalized spacial score (nSPS) is 9.89. The van der Waals surface area contributed by atoms with Crippen LogP contribution >= 0.6 is 0 Å². The van der Waals surface area contributed by atoms with Gasteiger partial charge in [-0.1, -0.05) is 6.07 Å². The van der Waals surface area contributed by atoms with Gasteiger partial charge in [0.15, 0.2) is 0 Å². The molecule has 0 spiro atoms. The molecule has 0 radical (unpaired) electrons. The zero-order valence-corrected chi connectivity index (χ0v) is 9.61. The third kappa shape index (κ3) is 2.83. The minimum atomic E-state index is -0.585. The van der Waals surface area contributed by atoms with E-state index in [2.05, 4.69) is 10.3 Å². The summed E-state index contributed by atoms with van der Waals surface area (Å²) in [5.41, 5.74) is 0.0829. The summed E-state index contributed by atoms with van der Waals surface area (Å²) >= 11 is 0. The second-order valence-corrected chi connectivity index (χ2v) is 3.65. The highest BCUT2D eigenvalue weighted by atomic mass is 16.6. The van der Waals surface area contributed by atoms with E-state index in [1.807, 2.05) is 0 Å². The number of hydrogen-bond donors (Lipinski definition) is 2. The standard InChI is InChI=1S/C12H9N3O4/c16-11-4-5-13-7-10(11)14-12(17)8-2-1-3-9(6-8)15(18)19/h1-7H,(H,13,16)(H,14,17). The number of nitro groups is 1. The summed E-state index contributed by atoms with van der Waals surface area (Å²) in [6.45, 7) is 0. The lowest BCUT2D eigenvalue weighted by molar-refractivity contribution is -0.384. The fourth-order valence-corrected chi connectivity index (χ4v) is 1.44. The van der Waals surface area contributed by atoms with Crippen molar-refractivity contribution in [2.45, 2.75) is 0 Å². The van der Waals surface area contributed by atoms with Crippen LogP contribution in [0.15, 0.2) is 42.7 Å². The Morgan fingerprint density at radius 3 is 2.84 bits per heavy atom. The first kappa shape index (κ1) is 12.5. The number of aromatic hydroxyl groups is 1. The van der Waals surface area contributed by atoms with Crippen molar-refractivity contribution in [3.63, 3.8) is 0 Å². The molecule has 96 valence electrons. The van der Waals surface area contributed by atoms with Gasteiger partial charge in [-0.2, -0.15) is 0 Å². The average molecular weight is 259 g/mol. The minimum absolute atomic E-state index is 0.123. The lowest BCUT2D eigenvalue weighted by Crippen LogP contribution is -2.12. The Balaban J connectivity index is 2.23. The molecule has 1 aromatic heterocycles. The van der Waals surface area contributed by atoms with Gasteiger partial charge in [0, 0.05) is 30.0 Å². The Bertz CT molecular complexity index is 642. The van der Waals surface area contributed by atoms with Gasteiger partial charge in [-0.15, -0.1) is 0 Å². The third-order valence-corrected chi connectivity index (χ3v) is 2.37. The number of carbonyl (C=O) groups excluding carboxylic acids is 1. The van der Waals surface area contributed by atoms with Crippen molar-refractivity contribution in [3.8, 4) is 5.75 Å². The molecule has 7 nitrogen and oxygen atoms in total. The van der Waals surface area contributed by atoms with Crippen molar-refractivity contribution in [1.82, 2.24) is 4.98 Å². The number of hydrogen-bond acceptors (Lipinski definition) is 5. The predicted molar refractivity (Wildman–Crippen MR) is 67.0 cm³/mol. The van der Waals surface area contributed by atoms with Gasteiger partial charge in [0.1, 0.15) is 11.4 Å². The van der Waals surface area contributed by atoms with E-state index in [0.29, 0.717) is 0 Å². The lowest BCUT2D eigenvalue weighted by atomic mass is 10.2. The van der Waals surface area contributed by atoms with E-state index in [0.717, 1.165) is 6.07 Å². The SMILES string of the molecule is O=C(Nc1cnccc1O)c1cccc([N+](=O)[O-])c1. The van der Waals surface area contributed by atoms with Gasteiger partial charge in [-0.05, 0) is 6.07 Å². The number of pyridine rings is 1. The van der Waals surface area contributed by atoms with Crippen LogP contribution in [0.3, 0.4) is 0 Å². The monoisotopic (exact) mass is 259 g/mol. The molecular weight excluding hydrogens is 250 g/mol. The molecule has 0 atom stereocenters. The maximum absolute atomic E-state index is 11.9. The Morgan fingerprint density at radius 2 is 2.16 bits per heavy atom. The molecule has 1 heterocycles. The molecule has 0 aliphatic carbocycles. The van der Waals surface area contributed by atoms with Crippen molar-refractivity contribution >= 4 is 17.3 Å². The predicted octanol–water partition coefficient (Wildman–Crippen LogP) is 1.95. The molecule has 0 unspecified atom stereocenters. The van der Waals surface area contributed by atoms with E-state index in [1.165, 1.54) is 36.7 Å². The quantitative estimate of drug-likeness (QED) is 0.647. The second kappa shape index (κ2) is 5.13. The van der Waals surface area contributed by atoms with Gasteiger partial charge < -0.3 is 10.4 Å². The highest BCUT2D eigenvalue weighted by Gasteiger charge is 2.12. The van der Waals surface area contributed by atoms with Gasteiger partial charge in [0.05, 0.1) is 11.1 Å². The van der Waals surface area contributed by atoms with Crippen molar-refractivity contribution in [1.29, 1.82) is 0 Å². The van der Waals surface area contributed by atoms with E-state index >= 15 is 0 Å². The van der Waals surface area contributed by atoms with Crippen LogP contribution in [0.25, 0.3) is 0 Å². The number of rotatable bonds is 3. The molecule has 1 amide bonds. The van der Waals surface area contributed by atoms with Crippen LogP contribution in [-0.2, 0) is 0 Å². The fraction of sp³-hybridized carbons (Fsp3) is 0. The van der Waals surface area contributed by atoms with Gasteiger partial charge in [-0.3, -0.25) is 19.9 Å². The summed E-state index contributed by atoms with van der Waals surface area (Å²) < 4.78 is 0. The van der Waals surface area contributed by atoms with Crippen LogP contribution in [0.2, 0.25) is 0 Å². The highest BCUT2D eigenvalue weighted by molar-refractivity contribution is 6.05. The highest BCUT2D eigenvalue weighted by Crippen LogP contribution is 2.21. The first-order valence-electron chi connectivity index (χ1n) is 5.26. The number of carbonyl (C=O) groups is 1. The van der Waals surface area contributed by atoms with Crippen molar-refractivity contribution in [2.24, 2.45) is 0 Å². The number of nitro benzene ring substituents is 1. The largest absolute Gasteiger partial charge is 0.506 e. The van der Waals surface area contributed by atoms with E-state index in [9.17, 15) is 20.0 Å². The number of benzene rings is 1. The van der Waals surface area contributed by atoms with E-state index < -0.39 is 10.8 Å². The summed E-state index contributed by atoms with van der Waals surface area (Å²) in [6.07, 6.45) is 2.66. The van der Waals surface area contributed by atoms with Gasteiger partial charge in [0.2, 0.25) is 0 Å². The van der Waals surface area contributed by atoms with Crippen molar-refractivity contribution in [2.75, 3.05) is 5.32 Å².